The van der Waals surface area contributed by atoms with E-state index < -0.39 is 8.32 Å². The molecule has 2 heterocycles. The van der Waals surface area contributed by atoms with Crippen molar-refractivity contribution in [2.45, 2.75) is 63.6 Å². The highest BCUT2D eigenvalue weighted by Crippen LogP contribution is 2.46. The highest BCUT2D eigenvalue weighted by molar-refractivity contribution is 6.71. The van der Waals surface area contributed by atoms with Gasteiger partial charge in [-0.2, -0.15) is 0 Å². The van der Waals surface area contributed by atoms with Crippen molar-refractivity contribution in [1.29, 1.82) is 0 Å². The molecule has 7 nitrogen and oxygen atoms in total. The van der Waals surface area contributed by atoms with Crippen molar-refractivity contribution in [1.82, 2.24) is 4.90 Å². The van der Waals surface area contributed by atoms with Gasteiger partial charge in [0, 0.05) is 29.7 Å². The minimum Gasteiger partial charge on any atom is -0.432 e. The number of ether oxygens (including phenoxy) is 1. The minimum absolute atomic E-state index is 0.00790. The van der Waals surface area contributed by atoms with Crippen LogP contribution in [-0.2, 0) is 22.5 Å². The Morgan fingerprint density at radius 3 is 2.31 bits per heavy atom. The van der Waals surface area contributed by atoms with Gasteiger partial charge in [0.2, 0.25) is 5.91 Å². The van der Waals surface area contributed by atoms with Crippen LogP contribution in [0.1, 0.15) is 41.3 Å². The molecule has 0 aliphatic carbocycles. The fourth-order valence-corrected chi connectivity index (χ4v) is 10.0. The van der Waals surface area contributed by atoms with E-state index in [1.807, 2.05) is 92.0 Å². The second kappa shape index (κ2) is 12.9. The molecule has 0 bridgehead atoms. The molecule has 4 aromatic carbocycles. The smallest absolute Gasteiger partial charge is 0.263 e. The Labute approximate surface area is 266 Å². The van der Waals surface area contributed by atoms with Gasteiger partial charge in [0.05, 0.1) is 36.5 Å². The fraction of sp³-hybridized carbons (Fsp3) is 0.351. The molecule has 8 heteroatoms. The molecule has 2 amide bonds. The second-order valence-electron chi connectivity index (χ2n) is 13.0. The Bertz CT molecular complexity index is 1670. The Morgan fingerprint density at radius 1 is 0.911 bits per heavy atom. The number of hydrogen-bond acceptors (Lipinski definition) is 5. The highest BCUT2D eigenvalue weighted by atomic mass is 28.4. The van der Waals surface area contributed by atoms with Gasteiger partial charge in [-0.1, -0.05) is 73.7 Å². The molecular weight excluding hydrogens is 581 g/mol. The van der Waals surface area contributed by atoms with Crippen molar-refractivity contribution in [3.63, 3.8) is 0 Å². The molecule has 1 saturated heterocycles. The van der Waals surface area contributed by atoms with E-state index in [0.717, 1.165) is 51.7 Å². The van der Waals surface area contributed by atoms with E-state index in [1.165, 1.54) is 0 Å². The maximum atomic E-state index is 13.5. The molecular formula is C37H42N2O5Si. The summed E-state index contributed by atoms with van der Waals surface area (Å²) in [6, 6.07) is 29.8. The average Bonchev–Trinajstić information content (AvgIpc) is 3.50. The number of nitrogens with zero attached hydrogens (tertiary/aromatic N) is 2. The lowest BCUT2D eigenvalue weighted by molar-refractivity contribution is -0.135. The molecule has 0 radical (unpaired) electrons. The number of carbonyl (C=O) groups is 2. The van der Waals surface area contributed by atoms with Gasteiger partial charge in [-0.3, -0.25) is 14.5 Å². The van der Waals surface area contributed by atoms with Crippen LogP contribution >= 0.6 is 0 Å². The van der Waals surface area contributed by atoms with Crippen molar-refractivity contribution in [2.75, 3.05) is 18.1 Å². The normalized spacial score (nSPS) is 21.1. The Balaban J connectivity index is 1.12. The van der Waals surface area contributed by atoms with Gasteiger partial charge in [0.1, 0.15) is 0 Å². The number of rotatable bonds is 11. The number of aryl methyl sites for hydroxylation is 1. The number of aliphatic hydroxyl groups is 1. The molecule has 2 aliphatic rings. The van der Waals surface area contributed by atoms with Crippen LogP contribution in [0.2, 0.25) is 18.6 Å². The summed E-state index contributed by atoms with van der Waals surface area (Å²) in [5, 5.41) is 11.7. The van der Waals surface area contributed by atoms with Crippen molar-refractivity contribution < 1.29 is 24.2 Å². The average molecular weight is 623 g/mol. The molecule has 0 aromatic heterocycles. The second-order valence-corrected chi connectivity index (χ2v) is 17.0. The summed E-state index contributed by atoms with van der Waals surface area (Å²) in [6.07, 6.45) is 1.28. The quantitative estimate of drug-likeness (QED) is 0.188. The van der Waals surface area contributed by atoms with E-state index in [1.54, 1.807) is 9.80 Å². The largest absolute Gasteiger partial charge is 0.432 e. The summed E-state index contributed by atoms with van der Waals surface area (Å²) in [7, 11) is -2.65. The number of aliphatic hydroxyl groups excluding tert-OH is 1. The van der Waals surface area contributed by atoms with Gasteiger partial charge >= 0.3 is 0 Å². The molecule has 2 N–H and O–H groups in total. The fourth-order valence-electron chi connectivity index (χ4n) is 7.42. The number of anilines is 2. The van der Waals surface area contributed by atoms with E-state index in [-0.39, 0.29) is 55.1 Å². The topological polar surface area (TPSA) is 90.3 Å². The minimum atomic E-state index is -2.65. The van der Waals surface area contributed by atoms with Crippen LogP contribution < -0.4 is 4.90 Å². The Kier molecular flexibility index (Phi) is 8.93. The van der Waals surface area contributed by atoms with Crippen molar-refractivity contribution in [3.8, 4) is 0 Å². The maximum absolute atomic E-state index is 13.5. The number of hydrogen-bond donors (Lipinski definition) is 2. The molecule has 0 saturated carbocycles. The van der Waals surface area contributed by atoms with Crippen LogP contribution in [0.5, 0.6) is 0 Å². The predicted octanol–water partition coefficient (Wildman–Crippen LogP) is 6.45. The van der Waals surface area contributed by atoms with Crippen LogP contribution in [0.3, 0.4) is 0 Å². The zero-order valence-corrected chi connectivity index (χ0v) is 27.2. The van der Waals surface area contributed by atoms with Crippen LogP contribution in [0.15, 0.2) is 91.0 Å². The summed E-state index contributed by atoms with van der Waals surface area (Å²) in [5.41, 5.74) is 4.56. The summed E-state index contributed by atoms with van der Waals surface area (Å²) in [5.74, 6) is 0.0285. The van der Waals surface area contributed by atoms with Crippen LogP contribution in [0.4, 0.5) is 11.4 Å². The third-order valence-electron chi connectivity index (χ3n) is 9.50. The van der Waals surface area contributed by atoms with Gasteiger partial charge in [0.25, 0.3) is 5.91 Å². The van der Waals surface area contributed by atoms with Gasteiger partial charge in [-0.15, -0.1) is 0 Å². The van der Waals surface area contributed by atoms with Crippen molar-refractivity contribution in [2.24, 2.45) is 5.92 Å². The first kappa shape index (κ1) is 31.2. The molecule has 2 aliphatic heterocycles. The Morgan fingerprint density at radius 2 is 1.62 bits per heavy atom. The predicted molar refractivity (Wildman–Crippen MR) is 180 cm³/mol. The van der Waals surface area contributed by atoms with Gasteiger partial charge in [-0.25, -0.2) is 0 Å². The first-order valence-corrected chi connectivity index (χ1v) is 18.9. The molecule has 1 fully saturated rings. The lowest BCUT2D eigenvalue weighted by Gasteiger charge is -2.31. The van der Waals surface area contributed by atoms with E-state index in [4.69, 9.17) is 4.74 Å². The SMILES string of the molecule is C[C@@H]1[C@@H]([Si](C)(C)O)[C@H](CC(=O)N(CCO)Cc2ccccc2)O[C@@H]1CCc1ccc(N2C(=O)c3cccc4cccc2c34)cc1. The maximum Gasteiger partial charge on any atom is 0.263 e. The first-order valence-electron chi connectivity index (χ1n) is 15.9. The number of benzene rings is 4. The zero-order chi connectivity index (χ0) is 31.7. The van der Waals surface area contributed by atoms with Crippen LogP contribution in [0, 0.1) is 5.92 Å². The van der Waals surface area contributed by atoms with E-state index in [0.29, 0.717) is 6.54 Å². The molecule has 45 heavy (non-hydrogen) atoms. The van der Waals surface area contributed by atoms with Crippen molar-refractivity contribution in [3.05, 3.63) is 108 Å². The summed E-state index contributed by atoms with van der Waals surface area (Å²) >= 11 is 0. The van der Waals surface area contributed by atoms with Crippen molar-refractivity contribution >= 4 is 42.3 Å². The number of carbonyl (C=O) groups excluding carboxylic acids is 2. The van der Waals surface area contributed by atoms with E-state index in [2.05, 4.69) is 19.1 Å². The molecule has 4 aromatic rings. The highest BCUT2D eigenvalue weighted by Gasteiger charge is 2.50. The third kappa shape index (κ3) is 6.33. The van der Waals surface area contributed by atoms with Gasteiger partial charge < -0.3 is 19.5 Å². The molecule has 0 unspecified atom stereocenters. The molecule has 6 rings (SSSR count). The lowest BCUT2D eigenvalue weighted by Crippen LogP contribution is -2.42. The van der Waals surface area contributed by atoms with E-state index >= 15 is 0 Å². The summed E-state index contributed by atoms with van der Waals surface area (Å²) < 4.78 is 6.58. The van der Waals surface area contributed by atoms with E-state index in [9.17, 15) is 19.5 Å². The number of amides is 2. The molecule has 4 atom stereocenters. The monoisotopic (exact) mass is 622 g/mol. The zero-order valence-electron chi connectivity index (χ0n) is 26.2. The van der Waals surface area contributed by atoms with Crippen LogP contribution in [-0.4, -0.2) is 60.3 Å². The first-order chi connectivity index (χ1) is 21.7. The Hall–Kier alpha value is -3.82. The summed E-state index contributed by atoms with van der Waals surface area (Å²) in [6.45, 7) is 6.58. The van der Waals surface area contributed by atoms with Gasteiger partial charge in [-0.05, 0) is 72.6 Å². The summed E-state index contributed by atoms with van der Waals surface area (Å²) in [4.78, 5) is 41.6. The van der Waals surface area contributed by atoms with Crippen LogP contribution in [0.25, 0.3) is 10.8 Å². The molecule has 0 spiro atoms. The third-order valence-corrected chi connectivity index (χ3v) is 12.0. The molecule has 234 valence electrons. The van der Waals surface area contributed by atoms with Gasteiger partial charge in [0.15, 0.2) is 8.32 Å². The lowest BCUT2D eigenvalue weighted by atomic mass is 9.95. The standard InChI is InChI=1S/C37H42N2O5Si/c1-25-32(44-33(36(25)45(2,3)43)23-34(41)38(21-22-40)24-27-9-5-4-6-10-27)20-17-26-15-18-29(19-16-26)39-31-14-8-12-28-11-7-13-30(35(28)31)37(39)42/h4-16,18-19,25,32-33,36,40,43H,17,20-24H2,1-3H3/t25-,32+,33-,36+/m0/s1.